The molecular weight excluding hydrogens is 264 g/mol. The topological polar surface area (TPSA) is 53.4 Å². The smallest absolute Gasteiger partial charge is 0.264 e. The number of carbonyl (C=O) groups is 1. The van der Waals surface area contributed by atoms with Crippen molar-refractivity contribution in [2.24, 2.45) is 0 Å². The van der Waals surface area contributed by atoms with Crippen molar-refractivity contribution in [3.8, 4) is 0 Å². The molecule has 106 valence electrons. The number of aliphatic hydroxyl groups is 1. The Kier molecular flexibility index (Phi) is 3.31. The number of aromatic nitrogens is 1. The summed E-state index contributed by atoms with van der Waals surface area (Å²) in [5, 5.41) is 11.0. The summed E-state index contributed by atoms with van der Waals surface area (Å²) in [6, 6.07) is 11.0. The molecule has 0 unspecified atom stereocenters. The second-order valence-corrected chi connectivity index (χ2v) is 5.11. The van der Waals surface area contributed by atoms with E-state index >= 15 is 0 Å². The van der Waals surface area contributed by atoms with Gasteiger partial charge in [0.15, 0.2) is 5.60 Å². The molecule has 2 aromatic rings. The molecule has 0 spiro atoms. The maximum Gasteiger partial charge on any atom is 0.264 e. The molecule has 2 heterocycles. The Morgan fingerprint density at radius 1 is 1.24 bits per heavy atom. The summed E-state index contributed by atoms with van der Waals surface area (Å²) >= 11 is 0. The Morgan fingerprint density at radius 3 is 2.67 bits per heavy atom. The number of pyridine rings is 1. The third-order valence-electron chi connectivity index (χ3n) is 3.76. The van der Waals surface area contributed by atoms with Gasteiger partial charge in [-0.05, 0) is 23.8 Å². The minimum atomic E-state index is -1.53. The molecule has 0 saturated carbocycles. The number of anilines is 1. The maximum absolute atomic E-state index is 12.7. The van der Waals surface area contributed by atoms with Crippen molar-refractivity contribution in [1.29, 1.82) is 0 Å². The molecule has 3 rings (SSSR count). The summed E-state index contributed by atoms with van der Waals surface area (Å²) in [6.45, 7) is 4.06. The number of benzene rings is 1. The predicted molar refractivity (Wildman–Crippen MR) is 80.8 cm³/mol. The van der Waals surface area contributed by atoms with Gasteiger partial charge in [-0.15, -0.1) is 6.58 Å². The Balaban J connectivity index is 2.05. The third-order valence-corrected chi connectivity index (χ3v) is 3.76. The summed E-state index contributed by atoms with van der Waals surface area (Å²) < 4.78 is 0. The van der Waals surface area contributed by atoms with E-state index in [9.17, 15) is 9.90 Å². The van der Waals surface area contributed by atoms with Crippen molar-refractivity contribution in [3.05, 3.63) is 72.6 Å². The van der Waals surface area contributed by atoms with Gasteiger partial charge in [-0.1, -0.05) is 24.3 Å². The number of hydrogen-bond acceptors (Lipinski definition) is 3. The summed E-state index contributed by atoms with van der Waals surface area (Å²) in [4.78, 5) is 18.2. The molecule has 0 bridgehead atoms. The fourth-order valence-electron chi connectivity index (χ4n) is 2.78. The van der Waals surface area contributed by atoms with Gasteiger partial charge in [0.05, 0.1) is 5.69 Å². The van der Waals surface area contributed by atoms with E-state index < -0.39 is 5.60 Å². The van der Waals surface area contributed by atoms with Gasteiger partial charge in [-0.25, -0.2) is 0 Å². The largest absolute Gasteiger partial charge is 0.375 e. The summed E-state index contributed by atoms with van der Waals surface area (Å²) in [6.07, 6.45) is 5.21. The highest BCUT2D eigenvalue weighted by atomic mass is 16.3. The van der Waals surface area contributed by atoms with Crippen molar-refractivity contribution >= 4 is 11.6 Å². The van der Waals surface area contributed by atoms with E-state index in [1.165, 1.54) is 0 Å². The molecule has 1 amide bonds. The van der Waals surface area contributed by atoms with Crippen LogP contribution >= 0.6 is 0 Å². The molecule has 1 aliphatic rings. The fraction of sp³-hybridized carbons (Fsp3) is 0.176. The normalized spacial score (nSPS) is 20.4. The molecule has 21 heavy (non-hydrogen) atoms. The average molecular weight is 280 g/mol. The van der Waals surface area contributed by atoms with Gasteiger partial charge < -0.3 is 10.0 Å². The zero-order chi connectivity index (χ0) is 14.9. The lowest BCUT2D eigenvalue weighted by atomic mass is 9.89. The van der Waals surface area contributed by atoms with Gasteiger partial charge in [0.1, 0.15) is 0 Å². The van der Waals surface area contributed by atoms with Crippen LogP contribution in [0.4, 0.5) is 5.69 Å². The number of hydrogen-bond donors (Lipinski definition) is 1. The van der Waals surface area contributed by atoms with Gasteiger partial charge in [0.25, 0.3) is 5.91 Å². The second-order valence-electron chi connectivity index (χ2n) is 5.11. The van der Waals surface area contributed by atoms with E-state index in [2.05, 4.69) is 11.6 Å². The van der Waals surface area contributed by atoms with Crippen LogP contribution in [0.2, 0.25) is 0 Å². The number of fused-ring (bicyclic) bond motifs is 1. The van der Waals surface area contributed by atoms with E-state index in [0.717, 1.165) is 11.3 Å². The van der Waals surface area contributed by atoms with Crippen LogP contribution in [0.15, 0.2) is 61.4 Å². The Bertz CT molecular complexity index is 684. The molecule has 1 atom stereocenters. The van der Waals surface area contributed by atoms with Crippen LogP contribution in [0, 0.1) is 0 Å². The molecule has 0 fully saturated rings. The molecule has 0 radical (unpaired) electrons. The van der Waals surface area contributed by atoms with Gasteiger partial charge in [-0.3, -0.25) is 9.78 Å². The maximum atomic E-state index is 12.7. The van der Waals surface area contributed by atoms with E-state index in [0.29, 0.717) is 12.1 Å². The minimum Gasteiger partial charge on any atom is -0.375 e. The van der Waals surface area contributed by atoms with E-state index in [1.807, 2.05) is 30.3 Å². The van der Waals surface area contributed by atoms with Crippen LogP contribution in [-0.2, 0) is 16.8 Å². The highest BCUT2D eigenvalue weighted by Gasteiger charge is 2.49. The first kappa shape index (κ1) is 13.5. The zero-order valence-corrected chi connectivity index (χ0v) is 11.6. The first-order valence-corrected chi connectivity index (χ1v) is 6.80. The van der Waals surface area contributed by atoms with Crippen molar-refractivity contribution in [2.75, 3.05) is 11.4 Å². The molecule has 0 saturated heterocycles. The number of rotatable bonds is 4. The van der Waals surface area contributed by atoms with Gasteiger partial charge in [0, 0.05) is 30.9 Å². The Morgan fingerprint density at radius 2 is 1.95 bits per heavy atom. The minimum absolute atomic E-state index is 0.235. The van der Waals surface area contributed by atoms with Crippen molar-refractivity contribution in [2.45, 2.75) is 12.0 Å². The third kappa shape index (κ3) is 2.14. The van der Waals surface area contributed by atoms with Gasteiger partial charge in [0.2, 0.25) is 0 Å². The number of nitrogens with zero attached hydrogens (tertiary/aromatic N) is 2. The first-order chi connectivity index (χ1) is 10.2. The lowest BCUT2D eigenvalue weighted by Gasteiger charge is -2.22. The van der Waals surface area contributed by atoms with Crippen molar-refractivity contribution < 1.29 is 9.90 Å². The Hall–Kier alpha value is -2.46. The molecular formula is C17H16N2O2. The SMILES string of the molecule is C=CCN1C(=O)[C@](O)(Cc2ccncc2)c2ccccc21. The Labute approximate surface area is 123 Å². The molecule has 1 aromatic carbocycles. The van der Waals surface area contributed by atoms with Gasteiger partial charge >= 0.3 is 0 Å². The molecule has 4 heteroatoms. The quantitative estimate of drug-likeness (QED) is 0.872. The van der Waals surface area contributed by atoms with Crippen LogP contribution in [-0.4, -0.2) is 22.5 Å². The molecule has 4 nitrogen and oxygen atoms in total. The average Bonchev–Trinajstić information content (AvgIpc) is 2.71. The molecule has 0 aliphatic carbocycles. The number of carbonyl (C=O) groups excluding carboxylic acids is 1. The van der Waals surface area contributed by atoms with Crippen LogP contribution in [0.3, 0.4) is 0 Å². The summed E-state index contributed by atoms with van der Waals surface area (Å²) in [5.74, 6) is -0.305. The number of para-hydroxylation sites is 1. The van der Waals surface area contributed by atoms with Crippen molar-refractivity contribution in [3.63, 3.8) is 0 Å². The lowest BCUT2D eigenvalue weighted by molar-refractivity contribution is -0.135. The molecule has 1 aliphatic heterocycles. The predicted octanol–water partition coefficient (Wildman–Crippen LogP) is 2.04. The van der Waals surface area contributed by atoms with Crippen LogP contribution in [0.1, 0.15) is 11.1 Å². The lowest BCUT2D eigenvalue weighted by Crippen LogP contribution is -2.42. The van der Waals surface area contributed by atoms with E-state index in [-0.39, 0.29) is 12.3 Å². The number of amides is 1. The molecule has 1 N–H and O–H groups in total. The summed E-state index contributed by atoms with van der Waals surface area (Å²) in [5.41, 5.74) is 0.741. The second kappa shape index (κ2) is 5.14. The highest BCUT2D eigenvalue weighted by Crippen LogP contribution is 2.41. The van der Waals surface area contributed by atoms with E-state index in [4.69, 9.17) is 0 Å². The van der Waals surface area contributed by atoms with Crippen LogP contribution < -0.4 is 4.90 Å². The van der Waals surface area contributed by atoms with Crippen LogP contribution in [0.5, 0.6) is 0 Å². The molecule has 1 aromatic heterocycles. The monoisotopic (exact) mass is 280 g/mol. The first-order valence-electron chi connectivity index (χ1n) is 6.80. The highest BCUT2D eigenvalue weighted by molar-refractivity contribution is 6.07. The standard InChI is InChI=1S/C17H16N2O2/c1-2-11-19-15-6-4-3-5-14(15)17(21,16(19)20)12-13-7-9-18-10-8-13/h2-10,21H,1,11-12H2/t17-/m0/s1. The van der Waals surface area contributed by atoms with Gasteiger partial charge in [-0.2, -0.15) is 0 Å². The van der Waals surface area contributed by atoms with Crippen molar-refractivity contribution in [1.82, 2.24) is 4.98 Å². The zero-order valence-electron chi connectivity index (χ0n) is 11.6. The summed E-state index contributed by atoms with van der Waals surface area (Å²) in [7, 11) is 0. The van der Waals surface area contributed by atoms with Crippen LogP contribution in [0.25, 0.3) is 0 Å². The fourth-order valence-corrected chi connectivity index (χ4v) is 2.78. The van der Waals surface area contributed by atoms with E-state index in [1.54, 1.807) is 29.4 Å².